The van der Waals surface area contributed by atoms with Gasteiger partial charge < -0.3 is 5.11 Å². The maximum atomic E-state index is 12.0. The minimum Gasteiger partial charge on any atom is -0.375 e. The molecule has 144 valence electrons. The summed E-state index contributed by atoms with van der Waals surface area (Å²) in [4.78, 5) is 0. The summed E-state index contributed by atoms with van der Waals surface area (Å²) in [6.07, 6.45) is 0. The normalized spacial score (nSPS) is 34.0. The Morgan fingerprint density at radius 3 is 0.583 bits per heavy atom. The van der Waals surface area contributed by atoms with Crippen LogP contribution < -0.4 is 0 Å². The van der Waals surface area contributed by atoms with Gasteiger partial charge in [0.15, 0.2) is 3.61 Å². The maximum absolute atomic E-state index is 12.0. The van der Waals surface area contributed by atoms with Crippen LogP contribution in [0.5, 0.6) is 0 Å². The van der Waals surface area contributed by atoms with Gasteiger partial charge in [-0.25, -0.2) is 0 Å². The molecule has 24 heavy (non-hydrogen) atoms. The lowest BCUT2D eigenvalue weighted by molar-refractivity contribution is 0.142. The van der Waals surface area contributed by atoms with E-state index in [0.717, 1.165) is 0 Å². The summed E-state index contributed by atoms with van der Waals surface area (Å²) in [7, 11) is 0. The van der Waals surface area contributed by atoms with E-state index < -0.39 is 6.46 Å². The Labute approximate surface area is 346 Å². The summed E-state index contributed by atoms with van der Waals surface area (Å²) < 4.78 is -2.55. The van der Waals surface area contributed by atoms with E-state index in [1.54, 1.807) is 0 Å². The van der Waals surface area contributed by atoms with Crippen LogP contribution in [-0.4, -0.2) is 18.7 Å². The molecule has 0 amide bonds. The van der Waals surface area contributed by atoms with Gasteiger partial charge in [0.05, 0.1) is 0 Å². The van der Waals surface area contributed by atoms with Gasteiger partial charge in [-0.15, -0.1) is 0 Å². The summed E-state index contributed by atoms with van der Waals surface area (Å²) >= 11 is 38.4. The van der Waals surface area contributed by atoms with Crippen LogP contribution in [0.25, 0.3) is 0 Å². The molecule has 1 N–H and O–H groups in total. The van der Waals surface area contributed by atoms with Crippen molar-refractivity contribution >= 4 is 339 Å². The van der Waals surface area contributed by atoms with Crippen LogP contribution >= 0.6 is 339 Å². The zero-order valence-corrected chi connectivity index (χ0v) is 42.5. The quantitative estimate of drug-likeness (QED) is 0.189. The fraction of sp³-hybridized carbons (Fsp3) is 1.00. The second-order valence-corrected chi connectivity index (χ2v) is 43.3. The first kappa shape index (κ1) is 32.9. The Balaban J connectivity index is 4.09. The SMILES string of the molecule is OC1(I)C(I)(I)C(I)(I)C(I)(I)C(I)(I)C(I)(I)C(I)(I)C1(I)I. The molecule has 16 heteroatoms. The van der Waals surface area contributed by atoms with Gasteiger partial charge in [-0.05, 0) is 22.6 Å². The van der Waals surface area contributed by atoms with E-state index in [1.165, 1.54) is 0 Å². The van der Waals surface area contributed by atoms with Gasteiger partial charge in [-0.1, -0.05) is 316 Å². The average Bonchev–Trinajstić information content (AvgIpc) is 2.35. The summed E-state index contributed by atoms with van der Waals surface area (Å²) in [6, 6.07) is 0. The van der Waals surface area contributed by atoms with Crippen molar-refractivity contribution in [1.82, 2.24) is 0 Å². The van der Waals surface area contributed by atoms with E-state index in [1.807, 2.05) is 0 Å². The van der Waals surface area contributed by atoms with Crippen molar-refractivity contribution in [2.24, 2.45) is 0 Å². The molecule has 0 radical (unpaired) electrons. The van der Waals surface area contributed by atoms with Crippen molar-refractivity contribution < 1.29 is 5.11 Å². The van der Waals surface area contributed by atoms with Crippen molar-refractivity contribution in [2.45, 2.75) is 13.6 Å². The van der Waals surface area contributed by atoms with Crippen molar-refractivity contribution in [2.75, 3.05) is 0 Å². The number of hydrogen-bond acceptors (Lipinski definition) is 1. The van der Waals surface area contributed by atoms with Crippen LogP contribution in [0.15, 0.2) is 0 Å². The Bertz CT molecular complexity index is 356. The molecule has 1 saturated carbocycles. The molecule has 1 aliphatic carbocycles. The lowest BCUT2D eigenvalue weighted by atomic mass is 9.97. The molecule has 0 aromatic carbocycles. The Morgan fingerprint density at radius 2 is 0.417 bits per heavy atom. The Kier molecular flexibility index (Phi) is 14.5. The number of alkyl halides is 15. The van der Waals surface area contributed by atoms with Gasteiger partial charge in [-0.3, -0.25) is 0 Å². The summed E-state index contributed by atoms with van der Waals surface area (Å²) in [5, 5.41) is 12.0. The molecule has 1 fully saturated rings. The number of halogens is 15. The van der Waals surface area contributed by atoms with Crippen LogP contribution in [0, 0.1) is 0 Å². The van der Waals surface area contributed by atoms with Crippen LogP contribution in [0.3, 0.4) is 0 Å². The minimum atomic E-state index is -0.947. The van der Waals surface area contributed by atoms with Gasteiger partial charge in [0, 0.05) is 0 Å². The summed E-state index contributed by atoms with van der Waals surface area (Å²) in [6.45, 7) is 0. The van der Waals surface area contributed by atoms with E-state index in [0.29, 0.717) is 0 Å². The molecule has 0 bridgehead atoms. The van der Waals surface area contributed by atoms with E-state index >= 15 is 0 Å². The summed E-state index contributed by atoms with van der Waals surface area (Å²) in [5.41, 5.74) is 0. The van der Waals surface area contributed by atoms with Crippen molar-refractivity contribution in [3.05, 3.63) is 0 Å². The molecule has 0 aromatic heterocycles. The van der Waals surface area contributed by atoms with Crippen molar-refractivity contribution in [1.29, 1.82) is 0 Å². The molecule has 1 rings (SSSR count). The van der Waals surface area contributed by atoms with E-state index in [4.69, 9.17) is 0 Å². The van der Waals surface area contributed by atoms with E-state index in [9.17, 15) is 5.11 Å². The molecule has 0 atom stereocenters. The highest BCUT2D eigenvalue weighted by Gasteiger charge is 2.84. The fourth-order valence-corrected chi connectivity index (χ4v) is 28.1. The molecule has 1 nitrogen and oxygen atoms in total. The smallest absolute Gasteiger partial charge is 0.166 e. The van der Waals surface area contributed by atoms with Crippen LogP contribution in [0.1, 0.15) is 0 Å². The standard InChI is InChI=1S/C8HI15O/c9-1(10)2(11,12)4(15,16)6(19,20)8(23,24)7(21,22)5(17,18)3(1,13)14/h24H. The minimum absolute atomic E-state index is 0.0845. The van der Waals surface area contributed by atoms with Crippen molar-refractivity contribution in [3.63, 3.8) is 0 Å². The molecule has 0 saturated heterocycles. The molecule has 0 unspecified atom stereocenters. The lowest BCUT2D eigenvalue weighted by Gasteiger charge is -2.64. The predicted molar refractivity (Wildman–Crippen MR) is 234 cm³/mol. The highest BCUT2D eigenvalue weighted by Crippen LogP contribution is 2.83. The third-order valence-electron chi connectivity index (χ3n) is 3.20. The van der Waals surface area contributed by atoms with Gasteiger partial charge in [0.25, 0.3) is 0 Å². The van der Waals surface area contributed by atoms with Gasteiger partial charge in [-0.2, -0.15) is 0 Å². The van der Waals surface area contributed by atoms with Gasteiger partial charge in [0.2, 0.25) is 0 Å². The first-order chi connectivity index (χ1) is 10.0. The summed E-state index contributed by atoms with van der Waals surface area (Å²) in [5.74, 6) is 0. The van der Waals surface area contributed by atoms with Crippen LogP contribution in [0.4, 0.5) is 0 Å². The maximum Gasteiger partial charge on any atom is 0.166 e. The third kappa shape index (κ3) is 4.87. The number of rotatable bonds is 0. The molecule has 0 spiro atoms. The largest absolute Gasteiger partial charge is 0.375 e. The fourth-order valence-electron chi connectivity index (χ4n) is 1.60. The first-order valence-electron chi connectivity index (χ1n) is 5.06. The zero-order valence-electron chi connectivity index (χ0n) is 10.1. The monoisotopic (exact) mass is 2020 g/mol. The third-order valence-corrected chi connectivity index (χ3v) is 56.3. The predicted octanol–water partition coefficient (Wildman–Crippen LogP) is 11.1. The van der Waals surface area contributed by atoms with Crippen LogP contribution in [-0.2, 0) is 0 Å². The zero-order chi connectivity index (χ0) is 20.0. The second-order valence-electron chi connectivity index (χ2n) is 4.64. The molecule has 1 aliphatic rings. The Hall–Kier alpha value is 10.9. The average molecular weight is 2020 g/mol. The van der Waals surface area contributed by atoms with Crippen LogP contribution in [0.2, 0.25) is 0 Å². The lowest BCUT2D eigenvalue weighted by Crippen LogP contribution is -2.77. The topological polar surface area (TPSA) is 20.2 Å². The highest BCUT2D eigenvalue weighted by atomic mass is 127. The van der Waals surface area contributed by atoms with Crippen molar-refractivity contribution in [3.8, 4) is 0 Å². The Morgan fingerprint density at radius 1 is 0.292 bits per heavy atom. The highest BCUT2D eigenvalue weighted by molar-refractivity contribution is 14.2. The first-order valence-corrected chi connectivity index (χ1v) is 21.2. The van der Waals surface area contributed by atoms with Gasteiger partial charge >= 0.3 is 0 Å². The number of aliphatic hydroxyl groups is 1. The molecular formula is C8HI15O. The van der Waals surface area contributed by atoms with Gasteiger partial charge in [0.1, 0.15) is 10.00 Å². The van der Waals surface area contributed by atoms with E-state index in [2.05, 4.69) is 339 Å². The number of hydrogen-bond donors (Lipinski definition) is 1. The molecule has 0 heterocycles. The molecule has 0 aliphatic heterocycles. The van der Waals surface area contributed by atoms with E-state index in [-0.39, 0.29) is 7.14 Å². The molecular weight excluding hydrogens is 2020 g/mol. The second kappa shape index (κ2) is 10.6. The molecule has 0 aromatic rings.